The van der Waals surface area contributed by atoms with Crippen LogP contribution in [0.2, 0.25) is 0 Å². The molecule has 0 bridgehead atoms. The molecule has 0 N–H and O–H groups in total. The molecule has 4 heterocycles. The molecule has 0 fully saturated rings. The first kappa shape index (κ1) is 38.3. The van der Waals surface area contributed by atoms with Crippen molar-refractivity contribution in [3.63, 3.8) is 0 Å². The molecule has 0 aliphatic heterocycles. The largest absolute Gasteiger partial charge is 0.492 e. The lowest BCUT2D eigenvalue weighted by atomic mass is 10.1. The van der Waals surface area contributed by atoms with Gasteiger partial charge in [0.1, 0.15) is 11.5 Å². The third-order valence-electron chi connectivity index (χ3n) is 10.1. The number of pyridine rings is 4. The molecular formula is C50H50N4O2. The smallest absolute Gasteiger partial charge is 0.136 e. The Labute approximate surface area is 331 Å². The van der Waals surface area contributed by atoms with Crippen molar-refractivity contribution in [1.82, 2.24) is 19.9 Å². The van der Waals surface area contributed by atoms with Crippen LogP contribution in [0.4, 0.5) is 0 Å². The van der Waals surface area contributed by atoms with Gasteiger partial charge in [0.25, 0.3) is 0 Å². The van der Waals surface area contributed by atoms with E-state index in [9.17, 15) is 0 Å². The van der Waals surface area contributed by atoms with Crippen LogP contribution in [0.25, 0.3) is 43.6 Å². The van der Waals surface area contributed by atoms with Gasteiger partial charge in [-0.25, -0.2) is 0 Å². The van der Waals surface area contributed by atoms with Crippen LogP contribution in [0.5, 0.6) is 11.5 Å². The summed E-state index contributed by atoms with van der Waals surface area (Å²) in [6, 6.07) is 24.5. The number of unbranched alkanes of at least 4 members (excludes halogenated alkanes) is 10. The standard InChI is InChI=1S/C50H50N4O2/c1-3-5-7-9-11-13-29-55-45-33-42(22-20-38-32-44-26-24-40-18-16-28-52-48(40)50(44)54-36-38)46(56-30-14-12-10-8-6-4-2)34-41(45)21-19-37-31-43-25-23-39-17-15-27-51-47(39)49(43)53-35-37/h15-18,23-28,31-36H,3-14,29-30H2,1-2H3. The molecule has 6 nitrogen and oxygen atoms in total. The summed E-state index contributed by atoms with van der Waals surface area (Å²) in [6.07, 6.45) is 21.5. The Morgan fingerprint density at radius 2 is 0.839 bits per heavy atom. The van der Waals surface area contributed by atoms with Gasteiger partial charge in [-0.3, -0.25) is 19.9 Å². The molecule has 56 heavy (non-hydrogen) atoms. The van der Waals surface area contributed by atoms with Crippen molar-refractivity contribution in [3.05, 3.63) is 120 Å². The molecule has 7 aromatic rings. The summed E-state index contributed by atoms with van der Waals surface area (Å²) >= 11 is 0. The van der Waals surface area contributed by atoms with Crippen LogP contribution in [-0.2, 0) is 0 Å². The van der Waals surface area contributed by atoms with Crippen LogP contribution in [0.1, 0.15) is 113 Å². The van der Waals surface area contributed by atoms with Crippen molar-refractivity contribution in [3.8, 4) is 35.2 Å². The van der Waals surface area contributed by atoms with E-state index >= 15 is 0 Å². The van der Waals surface area contributed by atoms with Gasteiger partial charge in [-0.15, -0.1) is 0 Å². The number of aromatic nitrogens is 4. The topological polar surface area (TPSA) is 70.0 Å². The van der Waals surface area contributed by atoms with Crippen LogP contribution >= 0.6 is 0 Å². The zero-order valence-corrected chi connectivity index (χ0v) is 32.7. The summed E-state index contributed by atoms with van der Waals surface area (Å²) in [5.74, 6) is 15.0. The number of nitrogens with zero attached hydrogens (tertiary/aromatic N) is 4. The lowest BCUT2D eigenvalue weighted by Gasteiger charge is -2.14. The number of hydrogen-bond acceptors (Lipinski definition) is 6. The van der Waals surface area contributed by atoms with E-state index in [-0.39, 0.29) is 0 Å². The van der Waals surface area contributed by atoms with Gasteiger partial charge in [0.05, 0.1) is 46.4 Å². The summed E-state index contributed by atoms with van der Waals surface area (Å²) in [5, 5.41) is 4.14. The molecule has 0 aliphatic rings. The van der Waals surface area contributed by atoms with Crippen LogP contribution < -0.4 is 9.47 Å². The summed E-state index contributed by atoms with van der Waals surface area (Å²) < 4.78 is 13.0. The summed E-state index contributed by atoms with van der Waals surface area (Å²) in [4.78, 5) is 18.7. The van der Waals surface area contributed by atoms with Crippen LogP contribution in [0.15, 0.2) is 97.6 Å². The molecule has 0 spiro atoms. The molecule has 0 amide bonds. The van der Waals surface area contributed by atoms with Gasteiger partial charge in [-0.05, 0) is 37.1 Å². The van der Waals surface area contributed by atoms with Gasteiger partial charge in [-0.1, -0.05) is 138 Å². The predicted octanol–water partition coefficient (Wildman–Crippen LogP) is 12.2. The molecule has 0 aliphatic carbocycles. The Morgan fingerprint density at radius 1 is 0.429 bits per heavy atom. The van der Waals surface area contributed by atoms with Gasteiger partial charge in [-0.2, -0.15) is 0 Å². The molecule has 4 aromatic heterocycles. The monoisotopic (exact) mass is 738 g/mol. The van der Waals surface area contributed by atoms with E-state index in [0.717, 1.165) is 91.5 Å². The fourth-order valence-electron chi connectivity index (χ4n) is 7.01. The van der Waals surface area contributed by atoms with Crippen molar-refractivity contribution >= 4 is 43.6 Å². The van der Waals surface area contributed by atoms with E-state index in [1.165, 1.54) is 51.4 Å². The SMILES string of the molecule is CCCCCCCCOc1cc(C#Cc2cnc3c(ccc4cccnc43)c2)c(OCCCCCCCC)cc1C#Cc1cnc2c(ccc3cccnc32)c1. The first-order valence-electron chi connectivity index (χ1n) is 20.4. The third kappa shape index (κ3) is 9.81. The van der Waals surface area contributed by atoms with Crippen molar-refractivity contribution in [2.24, 2.45) is 0 Å². The lowest BCUT2D eigenvalue weighted by Crippen LogP contribution is -2.03. The van der Waals surface area contributed by atoms with Gasteiger partial charge in [0.15, 0.2) is 0 Å². The Balaban J connectivity index is 1.21. The minimum absolute atomic E-state index is 0.611. The van der Waals surface area contributed by atoms with Crippen molar-refractivity contribution in [2.45, 2.75) is 90.9 Å². The second-order valence-corrected chi connectivity index (χ2v) is 14.4. The Kier molecular flexibility index (Phi) is 13.4. The van der Waals surface area contributed by atoms with E-state index in [1.54, 1.807) is 0 Å². The zero-order valence-electron chi connectivity index (χ0n) is 32.7. The fourth-order valence-corrected chi connectivity index (χ4v) is 7.01. The number of rotatable bonds is 16. The van der Waals surface area contributed by atoms with E-state index in [1.807, 2.05) is 49.1 Å². The van der Waals surface area contributed by atoms with E-state index < -0.39 is 0 Å². The Bertz CT molecular complexity index is 2380. The van der Waals surface area contributed by atoms with Gasteiger partial charge in [0.2, 0.25) is 0 Å². The Hall–Kier alpha value is -5.98. The number of ether oxygens (including phenoxy) is 2. The highest BCUT2D eigenvalue weighted by Gasteiger charge is 2.12. The quantitative estimate of drug-likeness (QED) is 0.0558. The van der Waals surface area contributed by atoms with Crippen molar-refractivity contribution in [2.75, 3.05) is 13.2 Å². The molecule has 3 aromatic carbocycles. The minimum atomic E-state index is 0.611. The van der Waals surface area contributed by atoms with Gasteiger partial charge in [0, 0.05) is 69.6 Å². The minimum Gasteiger partial charge on any atom is -0.492 e. The summed E-state index contributed by atoms with van der Waals surface area (Å²) in [6.45, 7) is 5.71. The molecule has 282 valence electrons. The molecular weight excluding hydrogens is 689 g/mol. The molecule has 7 rings (SSSR count). The first-order valence-corrected chi connectivity index (χ1v) is 20.4. The second-order valence-electron chi connectivity index (χ2n) is 14.4. The van der Waals surface area contributed by atoms with E-state index in [2.05, 4.69) is 96.0 Å². The lowest BCUT2D eigenvalue weighted by molar-refractivity contribution is 0.295. The normalized spacial score (nSPS) is 11.0. The van der Waals surface area contributed by atoms with E-state index in [4.69, 9.17) is 19.4 Å². The number of benzene rings is 3. The van der Waals surface area contributed by atoms with Gasteiger partial charge < -0.3 is 9.47 Å². The van der Waals surface area contributed by atoms with Crippen LogP contribution in [0.3, 0.4) is 0 Å². The predicted molar refractivity (Wildman–Crippen MR) is 230 cm³/mol. The van der Waals surface area contributed by atoms with Crippen LogP contribution in [-0.4, -0.2) is 33.1 Å². The van der Waals surface area contributed by atoms with Crippen LogP contribution in [0, 0.1) is 23.7 Å². The highest BCUT2D eigenvalue weighted by Crippen LogP contribution is 2.30. The fraction of sp³-hybridized carbons (Fsp3) is 0.320. The summed E-state index contributed by atoms with van der Waals surface area (Å²) in [7, 11) is 0. The third-order valence-corrected chi connectivity index (χ3v) is 10.1. The second kappa shape index (κ2) is 19.6. The summed E-state index contributed by atoms with van der Waals surface area (Å²) in [5.41, 5.74) is 6.71. The maximum atomic E-state index is 6.51. The molecule has 0 saturated heterocycles. The molecule has 0 radical (unpaired) electrons. The number of hydrogen-bond donors (Lipinski definition) is 0. The van der Waals surface area contributed by atoms with Gasteiger partial charge >= 0.3 is 0 Å². The average Bonchev–Trinajstić information content (AvgIpc) is 3.24. The zero-order chi connectivity index (χ0) is 38.4. The highest BCUT2D eigenvalue weighted by atomic mass is 16.5. The Morgan fingerprint density at radius 3 is 1.30 bits per heavy atom. The average molecular weight is 739 g/mol. The molecule has 0 saturated carbocycles. The maximum Gasteiger partial charge on any atom is 0.136 e. The maximum absolute atomic E-state index is 6.51. The highest BCUT2D eigenvalue weighted by molar-refractivity contribution is 6.03. The van der Waals surface area contributed by atoms with Crippen molar-refractivity contribution < 1.29 is 9.47 Å². The van der Waals surface area contributed by atoms with E-state index in [0.29, 0.717) is 24.7 Å². The molecule has 6 heteroatoms. The van der Waals surface area contributed by atoms with Crippen molar-refractivity contribution in [1.29, 1.82) is 0 Å². The molecule has 0 unspecified atom stereocenters. The molecule has 0 atom stereocenters. The number of fused-ring (bicyclic) bond motifs is 6. The first-order chi connectivity index (χ1) is 27.7.